The van der Waals surface area contributed by atoms with E-state index >= 15 is 0 Å². The minimum atomic E-state index is 0.338. The zero-order chi connectivity index (χ0) is 8.86. The van der Waals surface area contributed by atoms with Gasteiger partial charge in [0.25, 0.3) is 0 Å². The van der Waals surface area contributed by atoms with Gasteiger partial charge in [-0.1, -0.05) is 73.1 Å². The van der Waals surface area contributed by atoms with Gasteiger partial charge < -0.3 is 0 Å². The molecule has 1 rings (SSSR count). The fourth-order valence-electron chi connectivity index (χ4n) is 1.47. The second-order valence-corrected chi connectivity index (χ2v) is 5.43. The van der Waals surface area contributed by atoms with Crippen LogP contribution in [0.3, 0.4) is 0 Å². The van der Waals surface area contributed by atoms with E-state index in [1.54, 1.807) is 0 Å². The lowest BCUT2D eigenvalue weighted by molar-refractivity contribution is 0.645. The van der Waals surface area contributed by atoms with E-state index in [0.717, 1.165) is 6.42 Å². The quantitative estimate of drug-likeness (QED) is 0.311. The molecule has 0 aromatic heterocycles. The zero-order valence-electron chi connectivity index (χ0n) is 7.72. The first-order valence-electron chi connectivity index (χ1n) is 4.81. The molecule has 0 amide bonds. The van der Waals surface area contributed by atoms with E-state index in [1.165, 1.54) is 25.7 Å². The Morgan fingerprint density at radius 3 is 2.50 bits per heavy atom. The Morgan fingerprint density at radius 2 is 1.92 bits per heavy atom. The zero-order valence-corrected chi connectivity index (χ0v) is 9.88. The lowest BCUT2D eigenvalue weighted by Crippen LogP contribution is -2.14. The molecule has 0 unspecified atom stereocenters. The van der Waals surface area contributed by atoms with Crippen LogP contribution >= 0.6 is 22.6 Å². The number of unbranched alkanes of at least 4 members (excludes halogenated alkanes) is 2. The second kappa shape index (κ2) is 5.05. The van der Waals surface area contributed by atoms with Gasteiger partial charge in [0, 0.05) is 0 Å². The molecule has 1 aliphatic rings. The Morgan fingerprint density at radius 1 is 1.25 bits per heavy atom. The minimum Gasteiger partial charge on any atom is -0.0831 e. The number of alkyl halides is 1. The van der Waals surface area contributed by atoms with Gasteiger partial charge >= 0.3 is 0 Å². The summed E-state index contributed by atoms with van der Waals surface area (Å²) in [5.74, 6) is 0. The Bertz CT molecular complexity index is 167. The van der Waals surface area contributed by atoms with Crippen molar-refractivity contribution in [2.75, 3.05) is 0 Å². The summed E-state index contributed by atoms with van der Waals surface area (Å²) in [5, 5.41) is 0. The summed E-state index contributed by atoms with van der Waals surface area (Å²) in [7, 11) is 0. The molecule has 0 aromatic rings. The molecule has 0 fully saturated rings. The molecule has 0 heterocycles. The molecule has 0 spiro atoms. The normalized spacial score (nSPS) is 19.8. The third-order valence-electron chi connectivity index (χ3n) is 2.23. The third kappa shape index (κ3) is 3.30. The lowest BCUT2D eigenvalue weighted by atomic mass is 9.97. The Hall–Kier alpha value is 0.210. The first-order valence-corrected chi connectivity index (χ1v) is 5.89. The maximum atomic E-state index is 2.56. The summed E-state index contributed by atoms with van der Waals surface area (Å²) in [6.07, 6.45) is 15.7. The van der Waals surface area contributed by atoms with Crippen molar-refractivity contribution in [1.29, 1.82) is 0 Å². The second-order valence-electron chi connectivity index (χ2n) is 3.42. The van der Waals surface area contributed by atoms with Gasteiger partial charge in [-0.05, 0) is 12.8 Å². The number of hydrogen-bond acceptors (Lipinski definition) is 0. The Labute approximate surface area is 89.3 Å². The van der Waals surface area contributed by atoms with Crippen molar-refractivity contribution in [2.24, 2.45) is 0 Å². The molecule has 0 N–H and O–H groups in total. The summed E-state index contributed by atoms with van der Waals surface area (Å²) >= 11 is 2.56. The van der Waals surface area contributed by atoms with Gasteiger partial charge in [0.1, 0.15) is 0 Å². The molecule has 1 aliphatic carbocycles. The molecular formula is C11H17I. The highest BCUT2D eigenvalue weighted by atomic mass is 127. The summed E-state index contributed by atoms with van der Waals surface area (Å²) < 4.78 is 0.338. The first-order chi connectivity index (χ1) is 5.77. The minimum absolute atomic E-state index is 0.338. The molecule has 0 saturated heterocycles. The molecule has 1 heteroatoms. The summed E-state index contributed by atoms with van der Waals surface area (Å²) in [5.41, 5.74) is 0. The molecule has 0 saturated carbocycles. The largest absolute Gasteiger partial charge is 0.0831 e. The molecule has 0 aliphatic heterocycles. The van der Waals surface area contributed by atoms with E-state index in [9.17, 15) is 0 Å². The lowest BCUT2D eigenvalue weighted by Gasteiger charge is -2.21. The molecule has 0 nitrogen and oxygen atoms in total. The summed E-state index contributed by atoms with van der Waals surface area (Å²) in [4.78, 5) is 0. The number of rotatable bonds is 4. The molecule has 68 valence electrons. The average molecular weight is 276 g/mol. The standard InChI is InChI=1S/C11H17I/c1-2-3-5-8-11(12)9-6-4-7-10-11/h6-7,9-10H,2-5,8H2,1H3. The van der Waals surface area contributed by atoms with Crippen molar-refractivity contribution in [3.05, 3.63) is 24.3 Å². The van der Waals surface area contributed by atoms with Crippen molar-refractivity contribution in [2.45, 2.75) is 42.4 Å². The van der Waals surface area contributed by atoms with Crippen molar-refractivity contribution in [3.8, 4) is 0 Å². The third-order valence-corrected chi connectivity index (χ3v) is 3.48. The van der Waals surface area contributed by atoms with Crippen LogP contribution in [0.2, 0.25) is 0 Å². The van der Waals surface area contributed by atoms with Crippen molar-refractivity contribution >= 4 is 22.6 Å². The molecule has 0 aromatic carbocycles. The summed E-state index contributed by atoms with van der Waals surface area (Å²) in [6.45, 7) is 2.26. The van der Waals surface area contributed by atoms with Gasteiger partial charge in [-0.3, -0.25) is 0 Å². The maximum Gasteiger partial charge on any atom is 0.0580 e. The first kappa shape index (κ1) is 10.3. The van der Waals surface area contributed by atoms with Gasteiger partial charge in [-0.2, -0.15) is 0 Å². The van der Waals surface area contributed by atoms with Crippen LogP contribution < -0.4 is 0 Å². The molecule has 12 heavy (non-hydrogen) atoms. The van der Waals surface area contributed by atoms with Crippen molar-refractivity contribution in [3.63, 3.8) is 0 Å². The van der Waals surface area contributed by atoms with Gasteiger partial charge in [0.2, 0.25) is 0 Å². The highest BCUT2D eigenvalue weighted by Gasteiger charge is 2.19. The van der Waals surface area contributed by atoms with Gasteiger partial charge in [0.05, 0.1) is 3.42 Å². The SMILES string of the molecule is CCCCCC1(I)C=CCC=C1. The van der Waals surface area contributed by atoms with Crippen molar-refractivity contribution in [1.82, 2.24) is 0 Å². The van der Waals surface area contributed by atoms with Gasteiger partial charge in [0.15, 0.2) is 0 Å². The molecule has 0 radical (unpaired) electrons. The molecule has 0 bridgehead atoms. The smallest absolute Gasteiger partial charge is 0.0580 e. The topological polar surface area (TPSA) is 0 Å². The average Bonchev–Trinajstić information content (AvgIpc) is 2.06. The summed E-state index contributed by atoms with van der Waals surface area (Å²) in [6, 6.07) is 0. The van der Waals surface area contributed by atoms with Gasteiger partial charge in [-0.25, -0.2) is 0 Å². The number of allylic oxidation sites excluding steroid dienone is 4. The van der Waals surface area contributed by atoms with Crippen LogP contribution in [0.1, 0.15) is 39.0 Å². The van der Waals surface area contributed by atoms with Crippen LogP contribution in [0.15, 0.2) is 24.3 Å². The van der Waals surface area contributed by atoms with Gasteiger partial charge in [-0.15, -0.1) is 0 Å². The van der Waals surface area contributed by atoms with E-state index in [2.05, 4.69) is 53.8 Å². The van der Waals surface area contributed by atoms with Crippen LogP contribution in [0.25, 0.3) is 0 Å². The van der Waals surface area contributed by atoms with Crippen LogP contribution in [-0.4, -0.2) is 3.42 Å². The van der Waals surface area contributed by atoms with Crippen LogP contribution in [0.5, 0.6) is 0 Å². The number of hydrogen-bond donors (Lipinski definition) is 0. The fraction of sp³-hybridized carbons (Fsp3) is 0.636. The Balaban J connectivity index is 2.32. The van der Waals surface area contributed by atoms with E-state index in [-0.39, 0.29) is 0 Å². The van der Waals surface area contributed by atoms with Crippen LogP contribution in [0, 0.1) is 0 Å². The van der Waals surface area contributed by atoms with E-state index in [4.69, 9.17) is 0 Å². The maximum absolute atomic E-state index is 2.56. The fourth-order valence-corrected chi connectivity index (χ4v) is 2.36. The van der Waals surface area contributed by atoms with Crippen molar-refractivity contribution < 1.29 is 0 Å². The molecular weight excluding hydrogens is 259 g/mol. The van der Waals surface area contributed by atoms with E-state index in [1.807, 2.05) is 0 Å². The van der Waals surface area contributed by atoms with Crippen LogP contribution in [-0.2, 0) is 0 Å². The highest BCUT2D eigenvalue weighted by molar-refractivity contribution is 14.1. The monoisotopic (exact) mass is 276 g/mol. The number of halogens is 1. The molecule has 0 atom stereocenters. The van der Waals surface area contributed by atoms with E-state index < -0.39 is 0 Å². The Kier molecular flexibility index (Phi) is 4.33. The predicted octanol–water partition coefficient (Wildman–Crippen LogP) is 4.26. The van der Waals surface area contributed by atoms with Crippen LogP contribution in [0.4, 0.5) is 0 Å². The predicted molar refractivity (Wildman–Crippen MR) is 63.8 cm³/mol. The van der Waals surface area contributed by atoms with E-state index in [0.29, 0.717) is 3.42 Å². The highest BCUT2D eigenvalue weighted by Crippen LogP contribution is 2.31.